The molecule has 2 amide bonds. The molecule has 3 N–H and O–H groups in total. The molecule has 1 aromatic carbocycles. The standard InChI is InChI=1S/C18H18N2O4S/c21-14(8-9-15(22)23)20-18-16(17(24)19-12-6-7-12)13(10-25-18)11-4-2-1-3-5-11/h1-5,10,12H,6-9H2,(H,19,24)(H,20,21)(H,22,23). The Morgan fingerprint density at radius 1 is 1.12 bits per heavy atom. The van der Waals surface area contributed by atoms with Crippen LogP contribution in [0.4, 0.5) is 5.00 Å². The lowest BCUT2D eigenvalue weighted by Crippen LogP contribution is -2.26. The third-order valence-electron chi connectivity index (χ3n) is 3.83. The summed E-state index contributed by atoms with van der Waals surface area (Å²) in [5.41, 5.74) is 2.09. The minimum absolute atomic E-state index is 0.127. The van der Waals surface area contributed by atoms with Gasteiger partial charge in [0.1, 0.15) is 5.00 Å². The molecule has 2 aromatic rings. The average Bonchev–Trinajstić information content (AvgIpc) is 3.31. The zero-order valence-electron chi connectivity index (χ0n) is 13.5. The number of thiophene rings is 1. The number of hydrogen-bond donors (Lipinski definition) is 3. The fourth-order valence-electron chi connectivity index (χ4n) is 2.40. The van der Waals surface area contributed by atoms with Gasteiger partial charge in [0.15, 0.2) is 0 Å². The van der Waals surface area contributed by atoms with Crippen molar-refractivity contribution < 1.29 is 19.5 Å². The molecule has 1 saturated carbocycles. The highest BCUT2D eigenvalue weighted by Gasteiger charge is 2.28. The van der Waals surface area contributed by atoms with Gasteiger partial charge in [0.2, 0.25) is 5.91 Å². The lowest BCUT2D eigenvalue weighted by molar-refractivity contribution is -0.138. The van der Waals surface area contributed by atoms with Crippen LogP contribution in [0.3, 0.4) is 0 Å². The number of aliphatic carboxylic acids is 1. The summed E-state index contributed by atoms with van der Waals surface area (Å²) in [6, 6.07) is 9.69. The van der Waals surface area contributed by atoms with Crippen molar-refractivity contribution >= 4 is 34.1 Å². The van der Waals surface area contributed by atoms with Crippen LogP contribution in [-0.2, 0) is 9.59 Å². The van der Waals surface area contributed by atoms with E-state index in [0.29, 0.717) is 10.6 Å². The second kappa shape index (κ2) is 7.48. The van der Waals surface area contributed by atoms with Crippen LogP contribution in [0.2, 0.25) is 0 Å². The molecule has 25 heavy (non-hydrogen) atoms. The van der Waals surface area contributed by atoms with Crippen molar-refractivity contribution in [3.63, 3.8) is 0 Å². The van der Waals surface area contributed by atoms with Crippen LogP contribution in [-0.4, -0.2) is 28.9 Å². The maximum absolute atomic E-state index is 12.7. The summed E-state index contributed by atoms with van der Waals surface area (Å²) in [4.78, 5) is 35.2. The molecule has 0 spiro atoms. The Balaban J connectivity index is 1.86. The first-order valence-corrected chi connectivity index (χ1v) is 8.92. The van der Waals surface area contributed by atoms with Crippen LogP contribution >= 0.6 is 11.3 Å². The van der Waals surface area contributed by atoms with Gasteiger partial charge in [0.05, 0.1) is 12.0 Å². The quantitative estimate of drug-likeness (QED) is 0.709. The predicted octanol–water partition coefficient (Wildman–Crippen LogP) is 3.11. The normalized spacial score (nSPS) is 13.3. The van der Waals surface area contributed by atoms with E-state index in [0.717, 1.165) is 24.0 Å². The number of carboxylic acid groups (broad SMARTS) is 1. The molecule has 6 nitrogen and oxygen atoms in total. The van der Waals surface area contributed by atoms with Gasteiger partial charge in [0.25, 0.3) is 5.91 Å². The molecule has 0 unspecified atom stereocenters. The van der Waals surface area contributed by atoms with E-state index in [4.69, 9.17) is 5.11 Å². The van der Waals surface area contributed by atoms with Crippen molar-refractivity contribution in [3.8, 4) is 11.1 Å². The van der Waals surface area contributed by atoms with E-state index in [2.05, 4.69) is 10.6 Å². The van der Waals surface area contributed by atoms with E-state index in [-0.39, 0.29) is 24.8 Å². The lowest BCUT2D eigenvalue weighted by Gasteiger charge is -2.09. The predicted molar refractivity (Wildman–Crippen MR) is 95.7 cm³/mol. The second-order valence-corrected chi connectivity index (χ2v) is 6.79. The van der Waals surface area contributed by atoms with E-state index in [1.165, 1.54) is 11.3 Å². The van der Waals surface area contributed by atoms with E-state index in [9.17, 15) is 14.4 Å². The van der Waals surface area contributed by atoms with Gasteiger partial charge in [-0.05, 0) is 18.4 Å². The number of benzene rings is 1. The number of amides is 2. The van der Waals surface area contributed by atoms with Crippen molar-refractivity contribution in [1.82, 2.24) is 5.32 Å². The Morgan fingerprint density at radius 2 is 1.84 bits per heavy atom. The molecule has 3 rings (SSSR count). The molecule has 1 fully saturated rings. The number of carboxylic acids is 1. The highest BCUT2D eigenvalue weighted by atomic mass is 32.1. The zero-order chi connectivity index (χ0) is 17.8. The minimum atomic E-state index is -1.03. The van der Waals surface area contributed by atoms with E-state index < -0.39 is 11.9 Å². The first-order chi connectivity index (χ1) is 12.0. The molecular formula is C18H18N2O4S. The van der Waals surface area contributed by atoms with Crippen LogP contribution < -0.4 is 10.6 Å². The maximum Gasteiger partial charge on any atom is 0.303 e. The fraction of sp³-hybridized carbons (Fsp3) is 0.278. The molecule has 1 aliphatic carbocycles. The van der Waals surface area contributed by atoms with Gasteiger partial charge in [-0.2, -0.15) is 0 Å². The van der Waals surface area contributed by atoms with Gasteiger partial charge in [0, 0.05) is 23.4 Å². The SMILES string of the molecule is O=C(O)CCC(=O)Nc1scc(-c2ccccc2)c1C(=O)NC1CC1. The van der Waals surface area contributed by atoms with Crippen molar-refractivity contribution in [2.75, 3.05) is 5.32 Å². The summed E-state index contributed by atoms with van der Waals surface area (Å²) in [5, 5.41) is 16.6. The number of nitrogens with one attached hydrogen (secondary N) is 2. The second-order valence-electron chi connectivity index (χ2n) is 5.91. The molecule has 1 aliphatic rings. The highest BCUT2D eigenvalue weighted by molar-refractivity contribution is 7.15. The van der Waals surface area contributed by atoms with Crippen LogP contribution in [0.15, 0.2) is 35.7 Å². The van der Waals surface area contributed by atoms with E-state index in [1.807, 2.05) is 35.7 Å². The Hall–Kier alpha value is -2.67. The molecular weight excluding hydrogens is 340 g/mol. The van der Waals surface area contributed by atoms with Gasteiger partial charge < -0.3 is 15.7 Å². The maximum atomic E-state index is 12.7. The Kier molecular flexibility index (Phi) is 5.14. The summed E-state index contributed by atoms with van der Waals surface area (Å²) >= 11 is 1.27. The average molecular weight is 358 g/mol. The van der Waals surface area contributed by atoms with Crippen molar-refractivity contribution in [3.05, 3.63) is 41.3 Å². The molecule has 0 bridgehead atoms. The summed E-state index contributed by atoms with van der Waals surface area (Å²) in [5.74, 6) is -1.65. The summed E-state index contributed by atoms with van der Waals surface area (Å²) in [6.45, 7) is 0. The topological polar surface area (TPSA) is 95.5 Å². The largest absolute Gasteiger partial charge is 0.481 e. The van der Waals surface area contributed by atoms with Crippen LogP contribution in [0.25, 0.3) is 11.1 Å². The van der Waals surface area contributed by atoms with Gasteiger partial charge in [-0.15, -0.1) is 11.3 Å². The van der Waals surface area contributed by atoms with E-state index >= 15 is 0 Å². The fourth-order valence-corrected chi connectivity index (χ4v) is 3.38. The molecule has 130 valence electrons. The summed E-state index contributed by atoms with van der Waals surface area (Å²) in [6.07, 6.45) is 1.57. The number of anilines is 1. The highest BCUT2D eigenvalue weighted by Crippen LogP contribution is 2.36. The molecule has 7 heteroatoms. The van der Waals surface area contributed by atoms with Crippen molar-refractivity contribution in [1.29, 1.82) is 0 Å². The molecule has 0 aliphatic heterocycles. The van der Waals surface area contributed by atoms with Gasteiger partial charge in [-0.25, -0.2) is 0 Å². The number of hydrogen-bond acceptors (Lipinski definition) is 4. The van der Waals surface area contributed by atoms with Crippen LogP contribution in [0.1, 0.15) is 36.0 Å². The van der Waals surface area contributed by atoms with E-state index in [1.54, 1.807) is 0 Å². The van der Waals surface area contributed by atoms with Crippen LogP contribution in [0, 0.1) is 0 Å². The summed E-state index contributed by atoms with van der Waals surface area (Å²) < 4.78 is 0. The summed E-state index contributed by atoms with van der Waals surface area (Å²) in [7, 11) is 0. The Labute approximate surface area is 148 Å². The lowest BCUT2D eigenvalue weighted by atomic mass is 10.0. The monoisotopic (exact) mass is 358 g/mol. The van der Waals surface area contributed by atoms with Gasteiger partial charge in [-0.3, -0.25) is 14.4 Å². The molecule has 1 aromatic heterocycles. The Morgan fingerprint density at radius 3 is 2.48 bits per heavy atom. The minimum Gasteiger partial charge on any atom is -0.481 e. The zero-order valence-corrected chi connectivity index (χ0v) is 14.3. The molecule has 0 radical (unpaired) electrons. The third kappa shape index (κ3) is 4.45. The van der Waals surface area contributed by atoms with Gasteiger partial charge in [-0.1, -0.05) is 30.3 Å². The first kappa shape index (κ1) is 17.2. The van der Waals surface area contributed by atoms with Crippen molar-refractivity contribution in [2.24, 2.45) is 0 Å². The molecule has 1 heterocycles. The van der Waals surface area contributed by atoms with Crippen molar-refractivity contribution in [2.45, 2.75) is 31.7 Å². The molecule has 0 atom stereocenters. The van der Waals surface area contributed by atoms with Crippen LogP contribution in [0.5, 0.6) is 0 Å². The first-order valence-electron chi connectivity index (χ1n) is 8.04. The smallest absolute Gasteiger partial charge is 0.303 e. The number of rotatable bonds is 7. The molecule has 0 saturated heterocycles. The number of carbonyl (C=O) groups is 3. The Bertz CT molecular complexity index is 797. The third-order valence-corrected chi connectivity index (χ3v) is 4.73. The van der Waals surface area contributed by atoms with Gasteiger partial charge >= 0.3 is 5.97 Å². The number of carbonyl (C=O) groups excluding carboxylic acids is 2.